The van der Waals surface area contributed by atoms with Crippen molar-refractivity contribution in [1.82, 2.24) is 5.32 Å². The summed E-state index contributed by atoms with van der Waals surface area (Å²) in [5, 5.41) is 12.6. The zero-order valence-electron chi connectivity index (χ0n) is 12.6. The highest BCUT2D eigenvalue weighted by molar-refractivity contribution is 8.15. The number of amidine groups is 1. The number of esters is 1. The molecule has 1 aromatic heterocycles. The molecule has 1 saturated heterocycles. The molecule has 3 heterocycles. The Morgan fingerprint density at radius 3 is 3.00 bits per heavy atom. The molecule has 3 aliphatic rings. The van der Waals surface area contributed by atoms with Gasteiger partial charge in [0, 0.05) is 17.2 Å². The molecule has 126 valence electrons. The highest BCUT2D eigenvalue weighted by atomic mass is 32.2. The third-order valence-electron chi connectivity index (χ3n) is 4.42. The Morgan fingerprint density at radius 2 is 2.25 bits per heavy atom. The molecule has 0 spiro atoms. The quantitative estimate of drug-likeness (QED) is 0.708. The van der Waals surface area contributed by atoms with Crippen LogP contribution in [0.5, 0.6) is 0 Å². The van der Waals surface area contributed by atoms with Gasteiger partial charge in [0.15, 0.2) is 5.17 Å². The number of ether oxygens (including phenoxy) is 1. The van der Waals surface area contributed by atoms with Gasteiger partial charge in [-0.05, 0) is 24.8 Å². The van der Waals surface area contributed by atoms with Gasteiger partial charge in [-0.2, -0.15) is 0 Å². The fourth-order valence-electron chi connectivity index (χ4n) is 3.37. The Hall–Kier alpha value is -1.87. The van der Waals surface area contributed by atoms with Gasteiger partial charge in [0.25, 0.3) is 0 Å². The summed E-state index contributed by atoms with van der Waals surface area (Å²) < 4.78 is 5.26. The highest BCUT2D eigenvalue weighted by Gasteiger charge is 2.37. The molecular weight excluding hydrogens is 350 g/mol. The largest absolute Gasteiger partial charge is 0.461 e. The zero-order valence-corrected chi connectivity index (χ0v) is 14.3. The number of rotatable bonds is 3. The maximum atomic E-state index is 12.3. The molecule has 2 aliphatic heterocycles. The molecule has 0 saturated carbocycles. The van der Waals surface area contributed by atoms with Crippen LogP contribution in [-0.2, 0) is 20.7 Å². The van der Waals surface area contributed by atoms with E-state index in [1.54, 1.807) is 0 Å². The van der Waals surface area contributed by atoms with Crippen LogP contribution in [0.3, 0.4) is 0 Å². The first-order chi connectivity index (χ1) is 11.5. The molecule has 0 aromatic carbocycles. The maximum absolute atomic E-state index is 12.3. The smallest absolute Gasteiger partial charge is 0.341 e. The van der Waals surface area contributed by atoms with Crippen LogP contribution in [0, 0.1) is 5.41 Å². The molecule has 0 bridgehead atoms. The highest BCUT2D eigenvalue weighted by Crippen LogP contribution is 2.46. The summed E-state index contributed by atoms with van der Waals surface area (Å²) >= 11 is 2.47. The number of thiophene rings is 1. The number of carbonyl (C=O) groups is 3. The molecule has 0 radical (unpaired) electrons. The number of hydrogen-bond acceptors (Lipinski definition) is 7. The lowest BCUT2D eigenvalue weighted by atomic mass is 9.84. The van der Waals surface area contributed by atoms with Gasteiger partial charge in [0.05, 0.1) is 12.2 Å². The van der Waals surface area contributed by atoms with E-state index in [0.717, 1.165) is 41.5 Å². The number of carbonyl (C=O) groups excluding carboxylic acids is 3. The van der Waals surface area contributed by atoms with E-state index in [4.69, 9.17) is 10.1 Å². The Bertz CT molecular complexity index is 773. The average Bonchev–Trinajstić information content (AvgIpc) is 3.04. The van der Waals surface area contributed by atoms with Crippen LogP contribution >= 0.6 is 23.1 Å². The predicted molar refractivity (Wildman–Crippen MR) is 90.8 cm³/mol. The molecule has 1 fully saturated rings. The Balaban J connectivity index is 1.55. The lowest BCUT2D eigenvalue weighted by molar-refractivity contribution is -0.122. The van der Waals surface area contributed by atoms with Crippen molar-refractivity contribution in [3.8, 4) is 0 Å². The van der Waals surface area contributed by atoms with Crippen molar-refractivity contribution in [2.45, 2.75) is 36.9 Å². The number of anilines is 1. The van der Waals surface area contributed by atoms with Crippen molar-refractivity contribution < 1.29 is 19.1 Å². The van der Waals surface area contributed by atoms with Gasteiger partial charge in [0.1, 0.15) is 10.3 Å². The van der Waals surface area contributed by atoms with E-state index in [1.807, 2.05) is 0 Å². The third-order valence-corrected chi connectivity index (χ3v) is 6.60. The second-order valence-corrected chi connectivity index (χ2v) is 8.33. The van der Waals surface area contributed by atoms with E-state index in [9.17, 15) is 14.4 Å². The molecule has 9 heteroatoms. The fourth-order valence-corrected chi connectivity index (χ4v) is 5.54. The van der Waals surface area contributed by atoms with Crippen LogP contribution in [0.2, 0.25) is 0 Å². The summed E-state index contributed by atoms with van der Waals surface area (Å²) in [6.07, 6.45) is 2.95. The van der Waals surface area contributed by atoms with Crippen molar-refractivity contribution in [3.63, 3.8) is 0 Å². The minimum atomic E-state index is -0.594. The minimum absolute atomic E-state index is 0.0284. The molecule has 3 N–H and O–H groups in total. The topological polar surface area (TPSA) is 108 Å². The number of cyclic esters (lactones) is 1. The first-order valence-electron chi connectivity index (χ1n) is 7.71. The third kappa shape index (κ3) is 2.61. The SMILES string of the molecule is N=C1NC(=O)C(CC(=O)Nc2sc3c4c2C(=O)OCC4CCC3)S1. The molecule has 7 nitrogen and oxygen atoms in total. The van der Waals surface area contributed by atoms with Gasteiger partial charge in [-0.25, -0.2) is 4.79 Å². The normalized spacial score (nSPS) is 25.1. The van der Waals surface area contributed by atoms with Crippen molar-refractivity contribution in [2.24, 2.45) is 0 Å². The summed E-state index contributed by atoms with van der Waals surface area (Å²) in [6.45, 7) is 0.421. The minimum Gasteiger partial charge on any atom is -0.461 e. The monoisotopic (exact) mass is 365 g/mol. The Morgan fingerprint density at radius 1 is 1.42 bits per heavy atom. The van der Waals surface area contributed by atoms with Crippen molar-refractivity contribution in [1.29, 1.82) is 5.41 Å². The second-order valence-electron chi connectivity index (χ2n) is 6.01. The molecule has 4 rings (SSSR count). The van der Waals surface area contributed by atoms with E-state index in [1.165, 1.54) is 11.3 Å². The van der Waals surface area contributed by atoms with E-state index < -0.39 is 5.25 Å². The number of amides is 2. The number of aryl methyl sites for hydroxylation is 1. The summed E-state index contributed by atoms with van der Waals surface area (Å²) in [5.74, 6) is -0.802. The van der Waals surface area contributed by atoms with Crippen molar-refractivity contribution >= 4 is 51.1 Å². The Labute approximate surface area is 146 Å². The molecule has 24 heavy (non-hydrogen) atoms. The lowest BCUT2D eigenvalue weighted by Gasteiger charge is -2.27. The van der Waals surface area contributed by atoms with Crippen LogP contribution in [0.15, 0.2) is 0 Å². The van der Waals surface area contributed by atoms with Gasteiger partial charge in [-0.15, -0.1) is 11.3 Å². The molecule has 1 aliphatic carbocycles. The number of hydrogen-bond donors (Lipinski definition) is 3. The molecular formula is C15H15N3O4S2. The van der Waals surface area contributed by atoms with Gasteiger partial charge in [-0.3, -0.25) is 15.0 Å². The number of nitrogens with one attached hydrogen (secondary N) is 3. The van der Waals surface area contributed by atoms with E-state index >= 15 is 0 Å². The van der Waals surface area contributed by atoms with E-state index in [0.29, 0.717) is 17.2 Å². The van der Waals surface area contributed by atoms with Crippen molar-refractivity contribution in [3.05, 3.63) is 16.0 Å². The first kappa shape index (κ1) is 15.6. The molecule has 2 atom stereocenters. The van der Waals surface area contributed by atoms with E-state index in [2.05, 4.69) is 10.6 Å². The predicted octanol–water partition coefficient (Wildman–Crippen LogP) is 1.83. The van der Waals surface area contributed by atoms with Crippen molar-refractivity contribution in [2.75, 3.05) is 11.9 Å². The first-order valence-corrected chi connectivity index (χ1v) is 9.41. The summed E-state index contributed by atoms with van der Waals surface area (Å²) in [4.78, 5) is 37.2. The van der Waals surface area contributed by atoms with Gasteiger partial charge in [0.2, 0.25) is 11.8 Å². The molecule has 2 unspecified atom stereocenters. The van der Waals surface area contributed by atoms with Gasteiger partial charge >= 0.3 is 5.97 Å². The summed E-state index contributed by atoms with van der Waals surface area (Å²) in [5.41, 5.74) is 1.54. The van der Waals surface area contributed by atoms with Gasteiger partial charge < -0.3 is 15.4 Å². The zero-order chi connectivity index (χ0) is 16.8. The average molecular weight is 365 g/mol. The van der Waals surface area contributed by atoms with Crippen LogP contribution in [0.4, 0.5) is 5.00 Å². The Kier molecular flexibility index (Phi) is 3.84. The van der Waals surface area contributed by atoms with E-state index in [-0.39, 0.29) is 35.3 Å². The number of thioether (sulfide) groups is 1. The van der Waals surface area contributed by atoms with Gasteiger partial charge in [-0.1, -0.05) is 11.8 Å². The summed E-state index contributed by atoms with van der Waals surface area (Å²) in [6, 6.07) is 0. The van der Waals surface area contributed by atoms with Crippen LogP contribution in [0.25, 0.3) is 0 Å². The summed E-state index contributed by atoms with van der Waals surface area (Å²) in [7, 11) is 0. The van der Waals surface area contributed by atoms with Crippen LogP contribution in [-0.4, -0.2) is 34.8 Å². The standard InChI is InChI=1S/C15H15N3O4S2/c16-15-18-12(20)8(24-15)4-9(19)17-13-11-10-6(5-22-14(11)21)2-1-3-7(10)23-13/h6,8H,1-5H2,(H,17,19)(H2,16,18,20). The lowest BCUT2D eigenvalue weighted by Crippen LogP contribution is -2.28. The van der Waals surface area contributed by atoms with Crippen LogP contribution in [0.1, 0.15) is 46.0 Å². The maximum Gasteiger partial charge on any atom is 0.341 e. The molecule has 2 amide bonds. The van der Waals surface area contributed by atoms with Crippen LogP contribution < -0.4 is 10.6 Å². The second kappa shape index (κ2) is 5.89. The fraction of sp³-hybridized carbons (Fsp3) is 0.467. The molecule has 1 aromatic rings.